The highest BCUT2D eigenvalue weighted by Gasteiger charge is 2.61. The third-order valence-electron chi connectivity index (χ3n) is 13.5. The fourth-order valence-electron chi connectivity index (χ4n) is 9.21. The Bertz CT molecular complexity index is 1480. The average molecular weight is 819 g/mol. The predicted molar refractivity (Wildman–Crippen MR) is 220 cm³/mol. The Morgan fingerprint density at radius 2 is 1.47 bits per heavy atom. The van der Waals surface area contributed by atoms with Crippen LogP contribution in [-0.2, 0) is 33.4 Å². The van der Waals surface area contributed by atoms with Crippen LogP contribution in [0.1, 0.15) is 121 Å². The highest BCUT2D eigenvalue weighted by molar-refractivity contribution is 5.91. The second kappa shape index (κ2) is 21.3. The molecule has 0 aliphatic carbocycles. The standard InChI is InChI=1S/C46H74O12/c1-12-33-18-16-14-15-17-26(4)43(53)45(11,55)44(54)32(10)41(52)31(9)40(51)30(8)39(50)25(3)19-22-38(49)56-42-29(7)35(21-20-33)57-46(34(42)13-2)37(48)23-27(5)36(58-46)24-28(6)47/h14-16,18-19,22,25-36,39,41-43,47,50,52-53,55H,12-13,17,20-21,23-24H2,1-11H3/b15-14-,18-16-,22-19-/t25-,26+,27-,28-,29-,30-,31+,32+,33+,34-,35+,36+,39-,41-,42+,43+,45-,46-/m1/s1. The van der Waals surface area contributed by atoms with Gasteiger partial charge in [-0.05, 0) is 70.1 Å². The number of allylic oxidation sites excluding steroid dienone is 4. The van der Waals surface area contributed by atoms with E-state index in [1.807, 2.05) is 39.0 Å². The van der Waals surface area contributed by atoms with E-state index in [9.17, 15) is 44.7 Å². The van der Waals surface area contributed by atoms with Crippen molar-refractivity contribution < 1.29 is 58.9 Å². The Kier molecular flexibility index (Phi) is 18.3. The zero-order chi connectivity index (χ0) is 43.9. The first-order valence-electron chi connectivity index (χ1n) is 21.7. The average Bonchev–Trinajstić information content (AvgIpc) is 3.18. The summed E-state index contributed by atoms with van der Waals surface area (Å²) in [7, 11) is 0. The molecule has 2 fully saturated rings. The molecule has 0 unspecified atom stereocenters. The zero-order valence-corrected chi connectivity index (χ0v) is 36.7. The molecule has 2 saturated heterocycles. The van der Waals surface area contributed by atoms with Crippen LogP contribution < -0.4 is 0 Å². The molecule has 330 valence electrons. The van der Waals surface area contributed by atoms with Gasteiger partial charge in [0.15, 0.2) is 11.6 Å². The number of rotatable bonds is 4. The molecule has 1 spiro atoms. The summed E-state index contributed by atoms with van der Waals surface area (Å²) < 4.78 is 19.7. The second-order valence-corrected chi connectivity index (χ2v) is 18.1. The van der Waals surface area contributed by atoms with Crippen molar-refractivity contribution in [3.8, 4) is 0 Å². The normalized spacial score (nSPS) is 45.6. The quantitative estimate of drug-likeness (QED) is 0.225. The minimum atomic E-state index is -2.21. The van der Waals surface area contributed by atoms with Crippen LogP contribution in [0.4, 0.5) is 0 Å². The molecule has 0 amide bonds. The van der Waals surface area contributed by atoms with E-state index in [1.54, 1.807) is 20.8 Å². The monoisotopic (exact) mass is 819 g/mol. The van der Waals surface area contributed by atoms with Crippen molar-refractivity contribution in [1.29, 1.82) is 0 Å². The Morgan fingerprint density at radius 1 is 0.828 bits per heavy atom. The van der Waals surface area contributed by atoms with Gasteiger partial charge in [-0.3, -0.25) is 14.4 Å². The highest BCUT2D eigenvalue weighted by Crippen LogP contribution is 2.48. The maximum absolute atomic E-state index is 14.1. The smallest absolute Gasteiger partial charge is 0.330 e. The van der Waals surface area contributed by atoms with Crippen LogP contribution in [-0.4, -0.2) is 103 Å². The minimum Gasteiger partial charge on any atom is -0.458 e. The van der Waals surface area contributed by atoms with Crippen molar-refractivity contribution in [2.45, 2.75) is 175 Å². The van der Waals surface area contributed by atoms with E-state index in [0.29, 0.717) is 32.1 Å². The van der Waals surface area contributed by atoms with Crippen molar-refractivity contribution in [2.75, 3.05) is 0 Å². The van der Waals surface area contributed by atoms with E-state index in [2.05, 4.69) is 13.0 Å². The summed E-state index contributed by atoms with van der Waals surface area (Å²) in [5.41, 5.74) is -2.21. The Balaban J connectivity index is 2.05. The summed E-state index contributed by atoms with van der Waals surface area (Å²) in [6.07, 6.45) is 7.01. The van der Waals surface area contributed by atoms with Crippen LogP contribution in [0.2, 0.25) is 0 Å². The number of hydrogen-bond donors (Lipinski definition) is 5. The van der Waals surface area contributed by atoms with E-state index in [0.717, 1.165) is 6.42 Å². The molecule has 5 N–H and O–H groups in total. The number of fused-ring (bicyclic) bond motifs is 2. The first-order valence-corrected chi connectivity index (χ1v) is 21.7. The van der Waals surface area contributed by atoms with Crippen molar-refractivity contribution in [3.63, 3.8) is 0 Å². The summed E-state index contributed by atoms with van der Waals surface area (Å²) in [6.45, 7) is 18.5. The van der Waals surface area contributed by atoms with Crippen LogP contribution in [0, 0.1) is 53.3 Å². The lowest BCUT2D eigenvalue weighted by Crippen LogP contribution is -2.67. The number of aliphatic hydroxyl groups is 5. The number of esters is 1. The number of ether oxygens (including phenoxy) is 3. The first kappa shape index (κ1) is 49.8. The molecule has 0 aromatic carbocycles. The van der Waals surface area contributed by atoms with Crippen molar-refractivity contribution in [1.82, 2.24) is 0 Å². The van der Waals surface area contributed by atoms with Gasteiger partial charge in [-0.15, -0.1) is 0 Å². The molecule has 3 rings (SSSR count). The van der Waals surface area contributed by atoms with Crippen LogP contribution in [0.25, 0.3) is 0 Å². The van der Waals surface area contributed by atoms with Gasteiger partial charge in [-0.1, -0.05) is 92.7 Å². The van der Waals surface area contributed by atoms with Gasteiger partial charge in [0.2, 0.25) is 5.79 Å². The third kappa shape index (κ3) is 11.4. The van der Waals surface area contributed by atoms with Crippen LogP contribution in [0.15, 0.2) is 36.5 Å². The Hall–Kier alpha value is -2.58. The number of carbonyl (C=O) groups is 4. The number of carbonyl (C=O) groups excluding carboxylic acids is 4. The highest BCUT2D eigenvalue weighted by atomic mass is 16.7. The molecule has 0 radical (unpaired) electrons. The van der Waals surface area contributed by atoms with Crippen molar-refractivity contribution in [3.05, 3.63) is 36.5 Å². The topological polar surface area (TPSA) is 197 Å². The lowest BCUT2D eigenvalue weighted by molar-refractivity contribution is -0.347. The summed E-state index contributed by atoms with van der Waals surface area (Å²) >= 11 is 0. The summed E-state index contributed by atoms with van der Waals surface area (Å²) in [5.74, 6) is -9.45. The van der Waals surface area contributed by atoms with Crippen LogP contribution in [0.3, 0.4) is 0 Å². The number of hydrogen-bond acceptors (Lipinski definition) is 12. The van der Waals surface area contributed by atoms with E-state index < -0.39 is 107 Å². The molecule has 2 bridgehead atoms. The largest absolute Gasteiger partial charge is 0.458 e. The summed E-state index contributed by atoms with van der Waals surface area (Å²) in [4.78, 5) is 54.8. The van der Waals surface area contributed by atoms with Gasteiger partial charge in [0.1, 0.15) is 17.5 Å². The van der Waals surface area contributed by atoms with Gasteiger partial charge < -0.3 is 39.7 Å². The maximum atomic E-state index is 14.1. The van der Waals surface area contributed by atoms with Crippen molar-refractivity contribution in [2.24, 2.45) is 53.3 Å². The molecule has 3 aliphatic heterocycles. The molecule has 0 saturated carbocycles. The minimum absolute atomic E-state index is 0.132. The second-order valence-electron chi connectivity index (χ2n) is 18.1. The van der Waals surface area contributed by atoms with Gasteiger partial charge in [-0.2, -0.15) is 0 Å². The van der Waals surface area contributed by atoms with Gasteiger partial charge in [0.05, 0.1) is 42.5 Å². The van der Waals surface area contributed by atoms with E-state index >= 15 is 0 Å². The molecule has 12 nitrogen and oxygen atoms in total. The fraction of sp³-hybridized carbons (Fsp3) is 0.783. The molecule has 58 heavy (non-hydrogen) atoms. The SMILES string of the molecule is CC[C@H]1/C=C\C=C/C[C@H](C)[C@H](O)[C@@](C)(O)C(=O)[C@@H](C)[C@H](O)[C@@H](C)C(=O)[C@H](C)[C@H](O)[C@H](C)/C=C\C(=O)O[C@H]2[C@H](C)[C@H](CC1)O[C@@]1(O[C@@H](C[C@@H](C)O)[C@H](C)CC1=O)[C@@H]2CC. The molecular formula is C46H74O12. The van der Waals surface area contributed by atoms with Gasteiger partial charge in [-0.25, -0.2) is 4.79 Å². The predicted octanol–water partition coefficient (Wildman–Crippen LogP) is 5.45. The van der Waals surface area contributed by atoms with Crippen LogP contribution in [0.5, 0.6) is 0 Å². The number of Topliss-reactive ketones (excluding diaryl/α,β-unsaturated/α-hetero) is 3. The van der Waals surface area contributed by atoms with Gasteiger partial charge in [0.25, 0.3) is 0 Å². The summed E-state index contributed by atoms with van der Waals surface area (Å²) in [5, 5.41) is 55.1. The fourth-order valence-corrected chi connectivity index (χ4v) is 9.21. The molecule has 12 heteroatoms. The number of ketones is 3. The summed E-state index contributed by atoms with van der Waals surface area (Å²) in [6, 6.07) is 0. The Morgan fingerprint density at radius 3 is 2.07 bits per heavy atom. The Labute approximate surface area is 346 Å². The third-order valence-corrected chi connectivity index (χ3v) is 13.5. The van der Waals surface area contributed by atoms with E-state index in [1.165, 1.54) is 39.8 Å². The van der Waals surface area contributed by atoms with Gasteiger partial charge in [0, 0.05) is 42.1 Å². The molecule has 0 aromatic rings. The van der Waals surface area contributed by atoms with Crippen LogP contribution >= 0.6 is 0 Å². The maximum Gasteiger partial charge on any atom is 0.330 e. The van der Waals surface area contributed by atoms with Gasteiger partial charge >= 0.3 is 5.97 Å². The van der Waals surface area contributed by atoms with E-state index in [4.69, 9.17) is 14.2 Å². The molecule has 3 aliphatic rings. The first-order chi connectivity index (χ1) is 27.0. The molecule has 0 aromatic heterocycles. The zero-order valence-electron chi connectivity index (χ0n) is 36.7. The lowest BCUT2D eigenvalue weighted by Gasteiger charge is -2.54. The van der Waals surface area contributed by atoms with E-state index in [-0.39, 0.29) is 30.0 Å². The lowest BCUT2D eigenvalue weighted by atomic mass is 9.72. The molecule has 3 heterocycles. The number of aliphatic hydroxyl groups excluding tert-OH is 4. The van der Waals surface area contributed by atoms with Crippen molar-refractivity contribution >= 4 is 23.3 Å². The molecule has 18 atom stereocenters. The molecular weight excluding hydrogens is 744 g/mol.